The van der Waals surface area contributed by atoms with Gasteiger partial charge < -0.3 is 14.8 Å². The molecule has 2 aromatic rings. The lowest BCUT2D eigenvalue weighted by Gasteiger charge is -2.07. The molecule has 0 aliphatic rings. The number of anilines is 1. The van der Waals surface area contributed by atoms with E-state index in [9.17, 15) is 4.79 Å². The van der Waals surface area contributed by atoms with Crippen LogP contribution in [-0.2, 0) is 11.3 Å². The SMILES string of the molecule is COCc1nc(C(=O)Nc2ccc(OC)cc2Cl)cs1. The van der Waals surface area contributed by atoms with Crippen molar-refractivity contribution in [3.05, 3.63) is 39.3 Å². The molecule has 0 aliphatic carbocycles. The maximum absolute atomic E-state index is 12.0. The van der Waals surface area contributed by atoms with E-state index < -0.39 is 0 Å². The van der Waals surface area contributed by atoms with E-state index in [4.69, 9.17) is 21.1 Å². The van der Waals surface area contributed by atoms with Gasteiger partial charge in [-0.15, -0.1) is 11.3 Å². The summed E-state index contributed by atoms with van der Waals surface area (Å²) in [5.74, 6) is 0.319. The van der Waals surface area contributed by atoms with Crippen LogP contribution in [0.2, 0.25) is 5.02 Å². The number of carbonyl (C=O) groups excluding carboxylic acids is 1. The van der Waals surface area contributed by atoms with Crippen molar-refractivity contribution < 1.29 is 14.3 Å². The molecule has 0 fully saturated rings. The summed E-state index contributed by atoms with van der Waals surface area (Å²) in [7, 11) is 3.13. The number of nitrogens with zero attached hydrogens (tertiary/aromatic N) is 1. The number of thiazole rings is 1. The topological polar surface area (TPSA) is 60.5 Å². The number of amides is 1. The van der Waals surface area contributed by atoms with Crippen LogP contribution in [0.4, 0.5) is 5.69 Å². The molecular formula is C13H13ClN2O3S. The molecule has 0 atom stereocenters. The molecule has 1 N–H and O–H groups in total. The van der Waals surface area contributed by atoms with Crippen LogP contribution in [0.3, 0.4) is 0 Å². The molecule has 0 saturated heterocycles. The van der Waals surface area contributed by atoms with E-state index in [0.29, 0.717) is 28.8 Å². The van der Waals surface area contributed by atoms with Crippen molar-refractivity contribution in [1.82, 2.24) is 4.98 Å². The minimum atomic E-state index is -0.310. The van der Waals surface area contributed by atoms with Crippen molar-refractivity contribution in [2.24, 2.45) is 0 Å². The lowest BCUT2D eigenvalue weighted by molar-refractivity contribution is 0.102. The third-order valence-corrected chi connectivity index (χ3v) is 3.61. The first-order chi connectivity index (χ1) is 9.63. The van der Waals surface area contributed by atoms with Gasteiger partial charge in [-0.3, -0.25) is 4.79 Å². The first kappa shape index (κ1) is 14.8. The van der Waals surface area contributed by atoms with Gasteiger partial charge in [0, 0.05) is 18.6 Å². The molecule has 7 heteroatoms. The quantitative estimate of drug-likeness (QED) is 0.921. The standard InChI is InChI=1S/C13H13ClN2O3S/c1-18-6-12-15-11(7-20-12)13(17)16-10-4-3-8(19-2)5-9(10)14/h3-5,7H,6H2,1-2H3,(H,16,17). The fourth-order valence-electron chi connectivity index (χ4n) is 1.52. The fraction of sp³-hybridized carbons (Fsp3) is 0.231. The number of hydrogen-bond acceptors (Lipinski definition) is 5. The predicted molar refractivity (Wildman–Crippen MR) is 78.8 cm³/mol. The number of carbonyl (C=O) groups is 1. The van der Waals surface area contributed by atoms with Gasteiger partial charge in [-0.25, -0.2) is 4.98 Å². The minimum Gasteiger partial charge on any atom is -0.497 e. The van der Waals surface area contributed by atoms with E-state index in [-0.39, 0.29) is 5.91 Å². The highest BCUT2D eigenvalue weighted by atomic mass is 35.5. The summed E-state index contributed by atoms with van der Waals surface area (Å²) in [5, 5.41) is 5.55. The molecule has 0 spiro atoms. The second kappa shape index (κ2) is 6.69. The summed E-state index contributed by atoms with van der Waals surface area (Å²) >= 11 is 7.44. The van der Waals surface area contributed by atoms with Crippen molar-refractivity contribution in [2.45, 2.75) is 6.61 Å². The molecular weight excluding hydrogens is 300 g/mol. The van der Waals surface area contributed by atoms with Gasteiger partial charge in [0.1, 0.15) is 16.5 Å². The second-order valence-corrected chi connectivity index (χ2v) is 5.21. The summed E-state index contributed by atoms with van der Waals surface area (Å²) < 4.78 is 10.0. The molecule has 1 aromatic heterocycles. The summed E-state index contributed by atoms with van der Waals surface area (Å²) in [6, 6.07) is 5.04. The van der Waals surface area contributed by atoms with E-state index in [2.05, 4.69) is 10.3 Å². The Kier molecular flexibility index (Phi) is 4.94. The third kappa shape index (κ3) is 3.47. The van der Waals surface area contributed by atoms with E-state index in [1.807, 2.05) is 0 Å². The molecule has 106 valence electrons. The van der Waals surface area contributed by atoms with Crippen LogP contribution in [0.5, 0.6) is 5.75 Å². The Bertz CT molecular complexity index is 615. The van der Waals surface area contributed by atoms with Crippen molar-refractivity contribution in [1.29, 1.82) is 0 Å². The molecule has 0 bridgehead atoms. The lowest BCUT2D eigenvalue weighted by atomic mass is 10.3. The molecule has 2 rings (SSSR count). The Morgan fingerprint density at radius 3 is 2.90 bits per heavy atom. The van der Waals surface area contributed by atoms with Gasteiger partial charge in [0.15, 0.2) is 0 Å². The van der Waals surface area contributed by atoms with Gasteiger partial charge in [0.25, 0.3) is 5.91 Å². The van der Waals surface area contributed by atoms with Crippen molar-refractivity contribution in [2.75, 3.05) is 19.5 Å². The molecule has 5 nitrogen and oxygen atoms in total. The largest absolute Gasteiger partial charge is 0.497 e. The van der Waals surface area contributed by atoms with Gasteiger partial charge in [-0.1, -0.05) is 11.6 Å². The third-order valence-electron chi connectivity index (χ3n) is 2.48. The summed E-state index contributed by atoms with van der Waals surface area (Å²) in [6.45, 7) is 0.390. The van der Waals surface area contributed by atoms with E-state index in [1.165, 1.54) is 11.3 Å². The Labute approximate surface area is 125 Å². The Balaban J connectivity index is 2.10. The van der Waals surface area contributed by atoms with Crippen LogP contribution in [-0.4, -0.2) is 25.1 Å². The molecule has 0 aliphatic heterocycles. The zero-order chi connectivity index (χ0) is 14.5. The number of halogens is 1. The second-order valence-electron chi connectivity index (χ2n) is 3.86. The smallest absolute Gasteiger partial charge is 0.275 e. The number of aromatic nitrogens is 1. The van der Waals surface area contributed by atoms with Crippen LogP contribution in [0, 0.1) is 0 Å². The minimum absolute atomic E-state index is 0.310. The molecule has 1 aromatic carbocycles. The van der Waals surface area contributed by atoms with Crippen molar-refractivity contribution in [3.8, 4) is 5.75 Å². The molecule has 0 unspecified atom stereocenters. The molecule has 20 heavy (non-hydrogen) atoms. The number of hydrogen-bond donors (Lipinski definition) is 1. The number of methoxy groups -OCH3 is 2. The summed E-state index contributed by atoms with van der Waals surface area (Å²) in [6.07, 6.45) is 0. The molecule has 0 radical (unpaired) electrons. The predicted octanol–water partition coefficient (Wildman–Crippen LogP) is 3.20. The molecule has 1 heterocycles. The highest BCUT2D eigenvalue weighted by Crippen LogP contribution is 2.27. The maximum atomic E-state index is 12.0. The Morgan fingerprint density at radius 1 is 1.45 bits per heavy atom. The van der Waals surface area contributed by atoms with Crippen LogP contribution in [0.1, 0.15) is 15.5 Å². The number of rotatable bonds is 5. The van der Waals surface area contributed by atoms with Gasteiger partial charge in [-0.2, -0.15) is 0 Å². The summed E-state index contributed by atoms with van der Waals surface area (Å²) in [4.78, 5) is 16.2. The lowest BCUT2D eigenvalue weighted by Crippen LogP contribution is -2.12. The number of nitrogens with one attached hydrogen (secondary N) is 1. The van der Waals surface area contributed by atoms with Crippen LogP contribution in [0.15, 0.2) is 23.6 Å². The fourth-order valence-corrected chi connectivity index (χ4v) is 2.48. The van der Waals surface area contributed by atoms with Gasteiger partial charge in [0.05, 0.1) is 24.4 Å². The van der Waals surface area contributed by atoms with Gasteiger partial charge in [0.2, 0.25) is 0 Å². The Morgan fingerprint density at radius 2 is 2.25 bits per heavy atom. The first-order valence-electron chi connectivity index (χ1n) is 5.72. The van der Waals surface area contributed by atoms with Crippen molar-refractivity contribution >= 4 is 34.5 Å². The molecule has 0 saturated carbocycles. The zero-order valence-electron chi connectivity index (χ0n) is 11.0. The number of benzene rings is 1. The van der Waals surface area contributed by atoms with Gasteiger partial charge >= 0.3 is 0 Å². The van der Waals surface area contributed by atoms with E-state index in [0.717, 1.165) is 5.01 Å². The van der Waals surface area contributed by atoms with E-state index >= 15 is 0 Å². The average Bonchev–Trinajstić information content (AvgIpc) is 2.90. The molecule has 1 amide bonds. The van der Waals surface area contributed by atoms with Crippen LogP contribution in [0.25, 0.3) is 0 Å². The average molecular weight is 313 g/mol. The first-order valence-corrected chi connectivity index (χ1v) is 6.98. The number of ether oxygens (including phenoxy) is 2. The monoisotopic (exact) mass is 312 g/mol. The normalized spacial score (nSPS) is 10.3. The van der Waals surface area contributed by atoms with Gasteiger partial charge in [-0.05, 0) is 12.1 Å². The highest BCUT2D eigenvalue weighted by Gasteiger charge is 2.12. The van der Waals surface area contributed by atoms with Crippen LogP contribution < -0.4 is 10.1 Å². The Hall–Kier alpha value is -1.63. The van der Waals surface area contributed by atoms with E-state index in [1.54, 1.807) is 37.8 Å². The van der Waals surface area contributed by atoms with Crippen LogP contribution >= 0.6 is 22.9 Å². The zero-order valence-corrected chi connectivity index (χ0v) is 12.5. The highest BCUT2D eigenvalue weighted by molar-refractivity contribution is 7.09. The summed E-state index contributed by atoms with van der Waals surface area (Å²) in [5.41, 5.74) is 0.854. The maximum Gasteiger partial charge on any atom is 0.275 e. The van der Waals surface area contributed by atoms with Crippen molar-refractivity contribution in [3.63, 3.8) is 0 Å².